The van der Waals surface area contributed by atoms with Crippen molar-refractivity contribution in [2.24, 2.45) is 0 Å². The van der Waals surface area contributed by atoms with Gasteiger partial charge in [-0.05, 0) is 30.7 Å². The third kappa shape index (κ3) is 2.81. The standard InChI is InChI=1S/C10H12FNO2/c1-2-9(13)10(14)12-8-5-3-7(11)4-6-8/h3-6,9,13H,2H2,1H3,(H,12,14). The van der Waals surface area contributed by atoms with Gasteiger partial charge in [0.15, 0.2) is 0 Å². The van der Waals surface area contributed by atoms with Gasteiger partial charge in [0.2, 0.25) is 0 Å². The molecule has 0 aliphatic rings. The highest BCUT2D eigenvalue weighted by Crippen LogP contribution is 2.08. The Hall–Kier alpha value is -1.42. The fourth-order valence-electron chi connectivity index (χ4n) is 0.944. The predicted octanol–water partition coefficient (Wildman–Crippen LogP) is 1.54. The molecule has 0 radical (unpaired) electrons. The molecule has 0 aromatic heterocycles. The maximum absolute atomic E-state index is 12.5. The first-order chi connectivity index (χ1) is 6.63. The Morgan fingerprint density at radius 3 is 2.57 bits per heavy atom. The molecule has 3 nitrogen and oxygen atoms in total. The molecule has 2 N–H and O–H groups in total. The van der Waals surface area contributed by atoms with Crippen LogP contribution < -0.4 is 5.32 Å². The van der Waals surface area contributed by atoms with Gasteiger partial charge in [0.05, 0.1) is 0 Å². The van der Waals surface area contributed by atoms with Gasteiger partial charge in [0, 0.05) is 5.69 Å². The summed E-state index contributed by atoms with van der Waals surface area (Å²) < 4.78 is 12.5. The number of halogens is 1. The highest BCUT2D eigenvalue weighted by atomic mass is 19.1. The molecule has 1 aromatic carbocycles. The number of nitrogens with one attached hydrogen (secondary N) is 1. The molecule has 0 spiro atoms. The summed E-state index contributed by atoms with van der Waals surface area (Å²) in [4.78, 5) is 11.2. The molecule has 0 saturated carbocycles. The smallest absolute Gasteiger partial charge is 0.253 e. The van der Waals surface area contributed by atoms with Crippen molar-refractivity contribution in [1.29, 1.82) is 0 Å². The van der Waals surface area contributed by atoms with E-state index < -0.39 is 12.0 Å². The van der Waals surface area contributed by atoms with Gasteiger partial charge in [-0.1, -0.05) is 6.92 Å². The number of hydrogen-bond donors (Lipinski definition) is 2. The Labute approximate surface area is 81.6 Å². The van der Waals surface area contributed by atoms with Gasteiger partial charge in [-0.25, -0.2) is 4.39 Å². The second-order valence-electron chi connectivity index (χ2n) is 2.92. The zero-order chi connectivity index (χ0) is 10.6. The Morgan fingerprint density at radius 2 is 2.07 bits per heavy atom. The Morgan fingerprint density at radius 1 is 1.50 bits per heavy atom. The average Bonchev–Trinajstić information content (AvgIpc) is 2.20. The van der Waals surface area contributed by atoms with E-state index in [1.165, 1.54) is 24.3 Å². The first-order valence-corrected chi connectivity index (χ1v) is 4.38. The molecule has 0 aliphatic heterocycles. The molecule has 4 heteroatoms. The molecule has 76 valence electrons. The lowest BCUT2D eigenvalue weighted by molar-refractivity contribution is -0.124. The topological polar surface area (TPSA) is 49.3 Å². The second-order valence-corrected chi connectivity index (χ2v) is 2.92. The van der Waals surface area contributed by atoms with Crippen molar-refractivity contribution >= 4 is 11.6 Å². The van der Waals surface area contributed by atoms with E-state index in [-0.39, 0.29) is 5.82 Å². The molecular formula is C10H12FNO2. The Kier molecular flexibility index (Phi) is 3.59. The monoisotopic (exact) mass is 197 g/mol. The van der Waals surface area contributed by atoms with Crippen LogP contribution >= 0.6 is 0 Å². The first-order valence-electron chi connectivity index (χ1n) is 4.38. The van der Waals surface area contributed by atoms with Gasteiger partial charge in [-0.15, -0.1) is 0 Å². The molecule has 0 saturated heterocycles. The Balaban J connectivity index is 2.60. The molecule has 1 aromatic rings. The van der Waals surface area contributed by atoms with E-state index in [2.05, 4.69) is 5.32 Å². The lowest BCUT2D eigenvalue weighted by atomic mass is 10.2. The summed E-state index contributed by atoms with van der Waals surface area (Å²) in [5.74, 6) is -0.835. The molecule has 1 amide bonds. The fourth-order valence-corrected chi connectivity index (χ4v) is 0.944. The number of aliphatic hydroxyl groups is 1. The van der Waals surface area contributed by atoms with Gasteiger partial charge in [0.1, 0.15) is 11.9 Å². The first kappa shape index (κ1) is 10.7. The molecule has 1 unspecified atom stereocenters. The molecule has 14 heavy (non-hydrogen) atoms. The van der Waals surface area contributed by atoms with E-state index in [0.717, 1.165) is 0 Å². The minimum absolute atomic E-state index is 0.354. The van der Waals surface area contributed by atoms with E-state index >= 15 is 0 Å². The number of aliphatic hydroxyl groups excluding tert-OH is 1. The van der Waals surface area contributed by atoms with Crippen molar-refractivity contribution < 1.29 is 14.3 Å². The van der Waals surface area contributed by atoms with Crippen LogP contribution in [0, 0.1) is 5.82 Å². The van der Waals surface area contributed by atoms with E-state index in [9.17, 15) is 9.18 Å². The van der Waals surface area contributed by atoms with Crippen LogP contribution in [0.1, 0.15) is 13.3 Å². The maximum atomic E-state index is 12.5. The minimum Gasteiger partial charge on any atom is -0.383 e. The van der Waals surface area contributed by atoms with Gasteiger partial charge in [-0.3, -0.25) is 4.79 Å². The van der Waals surface area contributed by atoms with Crippen molar-refractivity contribution in [2.75, 3.05) is 5.32 Å². The largest absolute Gasteiger partial charge is 0.383 e. The number of amides is 1. The summed E-state index contributed by atoms with van der Waals surface area (Å²) in [5.41, 5.74) is 0.476. The summed E-state index contributed by atoms with van der Waals surface area (Å²) in [6, 6.07) is 5.37. The zero-order valence-electron chi connectivity index (χ0n) is 7.83. The molecule has 1 atom stereocenters. The number of anilines is 1. The van der Waals surface area contributed by atoms with Gasteiger partial charge >= 0.3 is 0 Å². The van der Waals surface area contributed by atoms with Crippen LogP contribution in [0.3, 0.4) is 0 Å². The number of rotatable bonds is 3. The molecule has 1 rings (SSSR count). The highest BCUT2D eigenvalue weighted by Gasteiger charge is 2.11. The third-order valence-corrected chi connectivity index (χ3v) is 1.80. The van der Waals surface area contributed by atoms with Crippen LogP contribution in [0.15, 0.2) is 24.3 Å². The summed E-state index contributed by atoms with van der Waals surface area (Å²) in [6.07, 6.45) is -0.660. The van der Waals surface area contributed by atoms with Crippen LogP contribution in [-0.4, -0.2) is 17.1 Å². The van der Waals surface area contributed by atoms with Crippen molar-refractivity contribution in [3.05, 3.63) is 30.1 Å². The van der Waals surface area contributed by atoms with Crippen LogP contribution in [0.2, 0.25) is 0 Å². The van der Waals surface area contributed by atoms with Gasteiger partial charge in [0.25, 0.3) is 5.91 Å². The summed E-state index contributed by atoms with van der Waals surface area (Å²) in [6.45, 7) is 1.70. The van der Waals surface area contributed by atoms with Crippen LogP contribution in [0.25, 0.3) is 0 Å². The lowest BCUT2D eigenvalue weighted by Gasteiger charge is -2.08. The second kappa shape index (κ2) is 4.72. The number of hydrogen-bond acceptors (Lipinski definition) is 2. The lowest BCUT2D eigenvalue weighted by Crippen LogP contribution is -2.26. The third-order valence-electron chi connectivity index (χ3n) is 1.80. The van der Waals surface area contributed by atoms with Crippen molar-refractivity contribution in [3.63, 3.8) is 0 Å². The zero-order valence-corrected chi connectivity index (χ0v) is 7.83. The molecular weight excluding hydrogens is 185 g/mol. The molecule has 0 fully saturated rings. The van der Waals surface area contributed by atoms with Crippen LogP contribution in [0.5, 0.6) is 0 Å². The van der Waals surface area contributed by atoms with E-state index in [1.807, 2.05) is 0 Å². The van der Waals surface area contributed by atoms with E-state index in [0.29, 0.717) is 12.1 Å². The van der Waals surface area contributed by atoms with Crippen molar-refractivity contribution in [1.82, 2.24) is 0 Å². The number of benzene rings is 1. The summed E-state index contributed by atoms with van der Waals surface area (Å²) in [7, 11) is 0. The number of carbonyl (C=O) groups is 1. The fraction of sp³-hybridized carbons (Fsp3) is 0.300. The predicted molar refractivity (Wildman–Crippen MR) is 51.3 cm³/mol. The van der Waals surface area contributed by atoms with Crippen LogP contribution in [-0.2, 0) is 4.79 Å². The van der Waals surface area contributed by atoms with E-state index in [4.69, 9.17) is 5.11 Å². The van der Waals surface area contributed by atoms with Crippen molar-refractivity contribution in [2.45, 2.75) is 19.4 Å². The average molecular weight is 197 g/mol. The summed E-state index contributed by atoms with van der Waals surface area (Å²) in [5, 5.41) is 11.6. The normalized spacial score (nSPS) is 12.2. The maximum Gasteiger partial charge on any atom is 0.253 e. The van der Waals surface area contributed by atoms with Crippen LogP contribution in [0.4, 0.5) is 10.1 Å². The minimum atomic E-state index is -1.01. The van der Waals surface area contributed by atoms with Crippen molar-refractivity contribution in [3.8, 4) is 0 Å². The quantitative estimate of drug-likeness (QED) is 0.772. The van der Waals surface area contributed by atoms with Gasteiger partial charge in [-0.2, -0.15) is 0 Å². The number of carbonyl (C=O) groups excluding carboxylic acids is 1. The molecule has 0 heterocycles. The van der Waals surface area contributed by atoms with E-state index in [1.54, 1.807) is 6.92 Å². The summed E-state index contributed by atoms with van der Waals surface area (Å²) >= 11 is 0. The molecule has 0 bridgehead atoms. The SMILES string of the molecule is CCC(O)C(=O)Nc1ccc(F)cc1. The molecule has 0 aliphatic carbocycles. The highest BCUT2D eigenvalue weighted by molar-refractivity contribution is 5.93. The van der Waals surface area contributed by atoms with Gasteiger partial charge < -0.3 is 10.4 Å². The Bertz CT molecular complexity index is 310.